The summed E-state index contributed by atoms with van der Waals surface area (Å²) < 4.78 is 0.702. The third-order valence-corrected chi connectivity index (χ3v) is 8.67. The van der Waals surface area contributed by atoms with E-state index in [1.54, 1.807) is 17.5 Å². The minimum Gasteiger partial charge on any atom is -0.503 e. The van der Waals surface area contributed by atoms with E-state index in [1.807, 2.05) is 38.1 Å². The molecule has 0 saturated carbocycles. The third kappa shape index (κ3) is 4.67. The van der Waals surface area contributed by atoms with Crippen LogP contribution in [0, 0.1) is 13.8 Å². The molecule has 35 heavy (non-hydrogen) atoms. The highest BCUT2D eigenvalue weighted by molar-refractivity contribution is 8.00. The number of nitrogens with zero attached hydrogens (tertiary/aromatic N) is 3. The lowest BCUT2D eigenvalue weighted by molar-refractivity contribution is -0.117. The number of carbonyl (C=O) groups is 2. The molecule has 1 unspecified atom stereocenters. The Morgan fingerprint density at radius 3 is 2.37 bits per heavy atom. The SMILES string of the molecule is Cc1ccc(CSc2nnc(N3C(=O)C(O)=C(C(=O)c4cccs4)C3c3ccc(C)cc3)s2)cc1. The molecule has 0 saturated heterocycles. The van der Waals surface area contributed by atoms with Gasteiger partial charge in [-0.3, -0.25) is 14.5 Å². The largest absolute Gasteiger partial charge is 0.503 e. The van der Waals surface area contributed by atoms with Crippen molar-refractivity contribution in [1.29, 1.82) is 0 Å². The Labute approximate surface area is 215 Å². The fourth-order valence-electron chi connectivity index (χ4n) is 3.83. The molecular formula is C26H21N3O3S3. The zero-order chi connectivity index (χ0) is 24.5. The minimum atomic E-state index is -0.791. The molecule has 0 radical (unpaired) electrons. The lowest BCUT2D eigenvalue weighted by Crippen LogP contribution is -2.31. The molecule has 2 aromatic carbocycles. The van der Waals surface area contributed by atoms with Crippen molar-refractivity contribution in [2.75, 3.05) is 4.90 Å². The van der Waals surface area contributed by atoms with E-state index in [0.29, 0.717) is 14.3 Å². The van der Waals surface area contributed by atoms with E-state index >= 15 is 0 Å². The molecule has 1 atom stereocenters. The zero-order valence-corrected chi connectivity index (χ0v) is 21.4. The maximum absolute atomic E-state index is 13.4. The van der Waals surface area contributed by atoms with Crippen molar-refractivity contribution in [2.24, 2.45) is 0 Å². The van der Waals surface area contributed by atoms with E-state index in [4.69, 9.17) is 0 Å². The molecule has 3 heterocycles. The fourth-order valence-corrected chi connectivity index (χ4v) is 6.33. The number of hydrogen-bond donors (Lipinski definition) is 1. The second kappa shape index (κ2) is 9.77. The monoisotopic (exact) mass is 519 g/mol. The Kier molecular flexibility index (Phi) is 6.55. The molecule has 176 valence electrons. The van der Waals surface area contributed by atoms with Crippen LogP contribution in [0.2, 0.25) is 0 Å². The van der Waals surface area contributed by atoms with Gasteiger partial charge in [0, 0.05) is 5.75 Å². The Hall–Kier alpha value is -3.27. The van der Waals surface area contributed by atoms with Crippen LogP contribution in [0.15, 0.2) is 81.7 Å². The number of ketones is 1. The van der Waals surface area contributed by atoms with Crippen molar-refractivity contribution in [2.45, 2.75) is 30.0 Å². The highest BCUT2D eigenvalue weighted by atomic mass is 32.2. The van der Waals surface area contributed by atoms with Gasteiger partial charge in [-0.2, -0.15) is 0 Å². The van der Waals surface area contributed by atoms with Crippen LogP contribution in [0.4, 0.5) is 5.13 Å². The Bertz CT molecular complexity index is 1410. The van der Waals surface area contributed by atoms with E-state index in [1.165, 1.54) is 44.9 Å². The number of aliphatic hydroxyl groups is 1. The number of hydrogen-bond acceptors (Lipinski definition) is 8. The number of anilines is 1. The van der Waals surface area contributed by atoms with Crippen molar-refractivity contribution in [3.63, 3.8) is 0 Å². The van der Waals surface area contributed by atoms with Gasteiger partial charge in [0.2, 0.25) is 10.9 Å². The molecule has 1 aliphatic rings. The highest BCUT2D eigenvalue weighted by Crippen LogP contribution is 2.44. The van der Waals surface area contributed by atoms with Gasteiger partial charge in [0.25, 0.3) is 5.91 Å². The molecule has 0 bridgehead atoms. The van der Waals surface area contributed by atoms with Gasteiger partial charge in [0.15, 0.2) is 10.1 Å². The van der Waals surface area contributed by atoms with Gasteiger partial charge in [-0.1, -0.05) is 88.8 Å². The Morgan fingerprint density at radius 1 is 1.03 bits per heavy atom. The lowest BCUT2D eigenvalue weighted by atomic mass is 9.95. The van der Waals surface area contributed by atoms with E-state index < -0.39 is 17.7 Å². The number of thiophene rings is 1. The Morgan fingerprint density at radius 2 is 1.71 bits per heavy atom. The average Bonchev–Trinajstić information content (AvgIpc) is 3.60. The van der Waals surface area contributed by atoms with Crippen LogP contribution in [-0.2, 0) is 10.5 Å². The number of amides is 1. The van der Waals surface area contributed by atoms with Crippen molar-refractivity contribution in [1.82, 2.24) is 10.2 Å². The summed E-state index contributed by atoms with van der Waals surface area (Å²) in [4.78, 5) is 28.5. The van der Waals surface area contributed by atoms with E-state index in [-0.39, 0.29) is 11.4 Å². The maximum atomic E-state index is 13.4. The van der Waals surface area contributed by atoms with Crippen LogP contribution in [0.3, 0.4) is 0 Å². The molecule has 0 fully saturated rings. The number of carbonyl (C=O) groups excluding carboxylic acids is 2. The summed E-state index contributed by atoms with van der Waals surface area (Å²) >= 11 is 4.08. The van der Waals surface area contributed by atoms with Crippen LogP contribution in [0.1, 0.15) is 38.0 Å². The van der Waals surface area contributed by atoms with E-state index in [2.05, 4.69) is 34.5 Å². The normalized spacial score (nSPS) is 15.8. The van der Waals surface area contributed by atoms with Crippen molar-refractivity contribution < 1.29 is 14.7 Å². The van der Waals surface area contributed by atoms with Crippen LogP contribution in [-0.4, -0.2) is 27.0 Å². The number of aromatic nitrogens is 2. The number of aliphatic hydroxyl groups excluding tert-OH is 1. The molecule has 5 rings (SSSR count). The van der Waals surface area contributed by atoms with Gasteiger partial charge < -0.3 is 5.11 Å². The summed E-state index contributed by atoms with van der Waals surface area (Å²) in [5.41, 5.74) is 4.19. The van der Waals surface area contributed by atoms with E-state index in [0.717, 1.165) is 22.4 Å². The molecule has 9 heteroatoms. The van der Waals surface area contributed by atoms with Gasteiger partial charge in [0.1, 0.15) is 0 Å². The van der Waals surface area contributed by atoms with Crippen LogP contribution in [0.25, 0.3) is 0 Å². The Balaban J connectivity index is 1.48. The first-order chi connectivity index (χ1) is 16.9. The standard InChI is InChI=1S/C26H21N3O3S3/c1-15-5-9-17(10-6-15)14-34-26-28-27-25(35-26)29-21(18-11-7-16(2)8-12-18)20(23(31)24(29)32)22(30)19-4-3-13-33-19/h3-13,21,31H,14H2,1-2H3. The quantitative estimate of drug-likeness (QED) is 0.175. The van der Waals surface area contributed by atoms with Crippen molar-refractivity contribution in [3.8, 4) is 0 Å². The topological polar surface area (TPSA) is 83.4 Å². The number of benzene rings is 2. The number of Topliss-reactive ketones (excluding diaryl/α,β-unsaturated/α-hetero) is 1. The molecule has 1 aliphatic heterocycles. The van der Waals surface area contributed by atoms with Gasteiger partial charge >= 0.3 is 0 Å². The second-order valence-electron chi connectivity index (χ2n) is 8.18. The van der Waals surface area contributed by atoms with E-state index in [9.17, 15) is 14.7 Å². The average molecular weight is 520 g/mol. The van der Waals surface area contributed by atoms with Crippen LogP contribution < -0.4 is 4.90 Å². The van der Waals surface area contributed by atoms with Gasteiger partial charge in [-0.25, -0.2) is 0 Å². The number of aryl methyl sites for hydroxylation is 2. The summed E-state index contributed by atoms with van der Waals surface area (Å²) in [6.07, 6.45) is 0. The smallest absolute Gasteiger partial charge is 0.296 e. The third-order valence-electron chi connectivity index (χ3n) is 5.68. The first-order valence-corrected chi connectivity index (χ1v) is 13.5. The summed E-state index contributed by atoms with van der Waals surface area (Å²) in [5.74, 6) is -0.840. The molecule has 4 aromatic rings. The molecule has 6 nitrogen and oxygen atoms in total. The van der Waals surface area contributed by atoms with Crippen molar-refractivity contribution in [3.05, 3.63) is 105 Å². The minimum absolute atomic E-state index is 0.0605. The molecule has 1 N–H and O–H groups in total. The predicted octanol–water partition coefficient (Wildman–Crippen LogP) is 6.29. The summed E-state index contributed by atoms with van der Waals surface area (Å²) in [7, 11) is 0. The molecule has 2 aromatic heterocycles. The van der Waals surface area contributed by atoms with Gasteiger partial charge in [0.05, 0.1) is 16.5 Å². The highest BCUT2D eigenvalue weighted by Gasteiger charge is 2.46. The maximum Gasteiger partial charge on any atom is 0.296 e. The van der Waals surface area contributed by atoms with Crippen LogP contribution >= 0.6 is 34.4 Å². The number of thioether (sulfide) groups is 1. The summed E-state index contributed by atoms with van der Waals surface area (Å²) in [6, 6.07) is 18.5. The predicted molar refractivity (Wildman–Crippen MR) is 140 cm³/mol. The molecular weight excluding hydrogens is 499 g/mol. The lowest BCUT2D eigenvalue weighted by Gasteiger charge is -2.24. The van der Waals surface area contributed by atoms with Crippen LogP contribution in [0.5, 0.6) is 0 Å². The summed E-state index contributed by atoms with van der Waals surface area (Å²) in [5, 5.41) is 21.5. The van der Waals surface area contributed by atoms with Gasteiger partial charge in [-0.05, 0) is 36.4 Å². The first-order valence-electron chi connectivity index (χ1n) is 10.9. The molecule has 1 amide bonds. The summed E-state index contributed by atoms with van der Waals surface area (Å²) in [6.45, 7) is 4.01. The molecule has 0 aliphatic carbocycles. The zero-order valence-electron chi connectivity index (χ0n) is 19.0. The molecule has 0 spiro atoms. The first kappa shape index (κ1) is 23.5. The fraction of sp³-hybridized carbons (Fsp3) is 0.154. The van der Waals surface area contributed by atoms with Crippen molar-refractivity contribution >= 4 is 51.3 Å². The second-order valence-corrected chi connectivity index (χ2v) is 11.3. The number of rotatable bonds is 7. The van der Waals surface area contributed by atoms with Gasteiger partial charge in [-0.15, -0.1) is 21.5 Å².